The van der Waals surface area contributed by atoms with Gasteiger partial charge in [-0.2, -0.15) is 0 Å². The molecule has 1 saturated heterocycles. The largest absolute Gasteiger partial charge is 0.490 e. The zero-order chi connectivity index (χ0) is 21.9. The zero-order valence-corrected chi connectivity index (χ0v) is 17.7. The molecule has 3 aromatic heterocycles. The van der Waals surface area contributed by atoms with E-state index >= 15 is 0 Å². The smallest absolute Gasteiger partial charge is 0.256 e. The molecule has 0 radical (unpaired) electrons. The van der Waals surface area contributed by atoms with Crippen molar-refractivity contribution in [2.24, 2.45) is 7.05 Å². The van der Waals surface area contributed by atoms with Gasteiger partial charge in [-0.25, -0.2) is 4.98 Å². The molecule has 0 saturated carbocycles. The molecule has 162 valence electrons. The summed E-state index contributed by atoms with van der Waals surface area (Å²) in [6.45, 7) is 1.94. The van der Waals surface area contributed by atoms with Gasteiger partial charge in [-0.15, -0.1) is 5.10 Å². The molecular weight excluding hydrogens is 406 g/mol. The number of hydrogen-bond acceptors (Lipinski definition) is 7. The minimum Gasteiger partial charge on any atom is -0.490 e. The quantitative estimate of drug-likeness (QED) is 0.502. The van der Waals surface area contributed by atoms with Gasteiger partial charge in [-0.3, -0.25) is 14.5 Å². The number of anilines is 1. The predicted molar refractivity (Wildman–Crippen MR) is 120 cm³/mol. The molecule has 1 aliphatic rings. The molecule has 32 heavy (non-hydrogen) atoms. The molecular formula is C23H23N7O2. The Morgan fingerprint density at radius 2 is 1.94 bits per heavy atom. The van der Waals surface area contributed by atoms with Gasteiger partial charge in [-0.05, 0) is 62.3 Å². The number of carbonyl (C=O) groups is 1. The Morgan fingerprint density at radius 3 is 2.69 bits per heavy atom. The average Bonchev–Trinajstić information content (AvgIpc) is 3.26. The van der Waals surface area contributed by atoms with Crippen molar-refractivity contribution in [3.63, 3.8) is 0 Å². The van der Waals surface area contributed by atoms with Crippen molar-refractivity contribution in [2.45, 2.75) is 18.9 Å². The van der Waals surface area contributed by atoms with E-state index in [9.17, 15) is 4.79 Å². The number of carbonyl (C=O) groups excluding carboxylic acids is 1. The van der Waals surface area contributed by atoms with Crippen LogP contribution in [0.2, 0.25) is 0 Å². The maximum atomic E-state index is 12.7. The number of ether oxygens (including phenoxy) is 1. The van der Waals surface area contributed by atoms with Gasteiger partial charge in [0.05, 0.1) is 17.9 Å². The fraction of sp³-hybridized carbons (Fsp3) is 0.261. The van der Waals surface area contributed by atoms with E-state index in [1.54, 1.807) is 35.3 Å². The first-order valence-corrected chi connectivity index (χ1v) is 10.6. The molecule has 1 fully saturated rings. The predicted octanol–water partition coefficient (Wildman–Crippen LogP) is 2.81. The number of amides is 1. The molecule has 1 aromatic carbocycles. The summed E-state index contributed by atoms with van der Waals surface area (Å²) >= 11 is 0. The third kappa shape index (κ3) is 4.42. The van der Waals surface area contributed by atoms with E-state index in [0.717, 1.165) is 53.8 Å². The summed E-state index contributed by atoms with van der Waals surface area (Å²) in [5.41, 5.74) is 2.85. The molecule has 0 spiro atoms. The number of nitrogens with one attached hydrogen (secondary N) is 2. The first-order valence-electron chi connectivity index (χ1n) is 10.6. The summed E-state index contributed by atoms with van der Waals surface area (Å²) in [6, 6.07) is 11.0. The van der Waals surface area contributed by atoms with Crippen LogP contribution in [0.3, 0.4) is 0 Å². The molecule has 1 amide bonds. The third-order valence-electron chi connectivity index (χ3n) is 5.41. The monoisotopic (exact) mass is 429 g/mol. The van der Waals surface area contributed by atoms with Crippen LogP contribution in [0.4, 0.5) is 5.82 Å². The van der Waals surface area contributed by atoms with Crippen LogP contribution < -0.4 is 15.4 Å². The summed E-state index contributed by atoms with van der Waals surface area (Å²) in [5.74, 6) is 0.999. The SMILES string of the molecule is Cn1cc(-c2cnc3cnc(NC(=O)c4ccc(OC5CCNCC5)cc4)cc3c2)nn1. The van der Waals surface area contributed by atoms with Gasteiger partial charge in [-0.1, -0.05) is 5.21 Å². The molecule has 0 aliphatic carbocycles. The highest BCUT2D eigenvalue weighted by atomic mass is 16.5. The van der Waals surface area contributed by atoms with Gasteiger partial charge in [0.1, 0.15) is 23.4 Å². The average molecular weight is 429 g/mol. The van der Waals surface area contributed by atoms with E-state index in [1.807, 2.05) is 31.4 Å². The van der Waals surface area contributed by atoms with Crippen LogP contribution in [0.1, 0.15) is 23.2 Å². The lowest BCUT2D eigenvalue weighted by molar-refractivity contribution is 0.102. The number of aryl methyl sites for hydroxylation is 1. The molecule has 0 unspecified atom stereocenters. The van der Waals surface area contributed by atoms with Crippen molar-refractivity contribution in [1.29, 1.82) is 0 Å². The highest BCUT2D eigenvalue weighted by Crippen LogP contribution is 2.23. The van der Waals surface area contributed by atoms with E-state index in [0.29, 0.717) is 11.4 Å². The Morgan fingerprint density at radius 1 is 1.12 bits per heavy atom. The van der Waals surface area contributed by atoms with Crippen molar-refractivity contribution < 1.29 is 9.53 Å². The Bertz CT molecular complexity index is 1250. The zero-order valence-electron chi connectivity index (χ0n) is 17.7. The molecule has 4 heterocycles. The van der Waals surface area contributed by atoms with Crippen LogP contribution in [-0.2, 0) is 7.05 Å². The van der Waals surface area contributed by atoms with Crippen molar-refractivity contribution in [3.05, 3.63) is 60.6 Å². The van der Waals surface area contributed by atoms with Crippen molar-refractivity contribution in [3.8, 4) is 17.0 Å². The van der Waals surface area contributed by atoms with Gasteiger partial charge in [0.2, 0.25) is 0 Å². The third-order valence-corrected chi connectivity index (χ3v) is 5.41. The summed E-state index contributed by atoms with van der Waals surface area (Å²) < 4.78 is 7.64. The van der Waals surface area contributed by atoms with Crippen molar-refractivity contribution >= 4 is 22.6 Å². The van der Waals surface area contributed by atoms with Crippen LogP contribution >= 0.6 is 0 Å². The second kappa shape index (κ2) is 8.72. The number of benzene rings is 1. The van der Waals surface area contributed by atoms with Gasteiger partial charge >= 0.3 is 0 Å². The number of pyridine rings is 2. The van der Waals surface area contributed by atoms with E-state index in [-0.39, 0.29) is 12.0 Å². The molecule has 5 rings (SSSR count). The molecule has 0 atom stereocenters. The number of nitrogens with zero attached hydrogens (tertiary/aromatic N) is 5. The van der Waals surface area contributed by atoms with Crippen LogP contribution in [-0.4, -0.2) is 50.1 Å². The van der Waals surface area contributed by atoms with Crippen molar-refractivity contribution in [1.82, 2.24) is 30.3 Å². The first-order chi connectivity index (χ1) is 15.6. The lowest BCUT2D eigenvalue weighted by Crippen LogP contribution is -2.34. The Balaban J connectivity index is 1.29. The normalized spacial score (nSPS) is 14.4. The van der Waals surface area contributed by atoms with E-state index in [1.165, 1.54) is 0 Å². The van der Waals surface area contributed by atoms with E-state index in [2.05, 4.69) is 30.9 Å². The van der Waals surface area contributed by atoms with Gasteiger partial charge in [0, 0.05) is 29.8 Å². The molecule has 9 nitrogen and oxygen atoms in total. The van der Waals surface area contributed by atoms with Crippen LogP contribution in [0.25, 0.3) is 22.2 Å². The first kappa shape index (κ1) is 20.1. The van der Waals surface area contributed by atoms with Crippen LogP contribution in [0.15, 0.2) is 55.0 Å². The number of piperidine rings is 1. The van der Waals surface area contributed by atoms with E-state index < -0.39 is 0 Å². The Labute approximate surface area is 184 Å². The second-order valence-corrected chi connectivity index (χ2v) is 7.81. The Kier molecular flexibility index (Phi) is 5.47. The van der Waals surface area contributed by atoms with Crippen LogP contribution in [0.5, 0.6) is 5.75 Å². The maximum Gasteiger partial charge on any atom is 0.256 e. The summed E-state index contributed by atoms with van der Waals surface area (Å²) in [4.78, 5) is 21.5. The topological polar surface area (TPSA) is 107 Å². The minimum atomic E-state index is -0.233. The molecule has 2 N–H and O–H groups in total. The summed E-state index contributed by atoms with van der Waals surface area (Å²) in [6.07, 6.45) is 7.40. The van der Waals surface area contributed by atoms with E-state index in [4.69, 9.17) is 4.74 Å². The standard InChI is InChI=1S/C23H23N7O2/c1-30-14-21(28-29-30)17-10-16-11-22(26-13-20(16)25-12-17)27-23(31)15-2-4-18(5-3-15)32-19-6-8-24-9-7-19/h2-5,10-14,19,24H,6-9H2,1H3,(H,26,27,31). The lowest BCUT2D eigenvalue weighted by Gasteiger charge is -2.23. The molecule has 1 aliphatic heterocycles. The number of hydrogen-bond donors (Lipinski definition) is 2. The fourth-order valence-electron chi connectivity index (χ4n) is 3.70. The minimum absolute atomic E-state index is 0.220. The number of rotatable bonds is 5. The van der Waals surface area contributed by atoms with Crippen molar-refractivity contribution in [2.75, 3.05) is 18.4 Å². The molecule has 0 bridgehead atoms. The molecule has 4 aromatic rings. The fourth-order valence-corrected chi connectivity index (χ4v) is 3.70. The van der Waals surface area contributed by atoms with Gasteiger partial charge in [0.25, 0.3) is 5.91 Å². The number of aromatic nitrogens is 5. The molecule has 9 heteroatoms. The summed E-state index contributed by atoms with van der Waals surface area (Å²) in [5, 5.41) is 15.1. The van der Waals surface area contributed by atoms with Gasteiger partial charge in [0.15, 0.2) is 0 Å². The van der Waals surface area contributed by atoms with Gasteiger partial charge < -0.3 is 15.4 Å². The summed E-state index contributed by atoms with van der Waals surface area (Å²) in [7, 11) is 1.81. The lowest BCUT2D eigenvalue weighted by atomic mass is 10.1. The second-order valence-electron chi connectivity index (χ2n) is 7.81. The Hall–Kier alpha value is -3.85. The maximum absolute atomic E-state index is 12.7. The number of fused-ring (bicyclic) bond motifs is 1. The highest BCUT2D eigenvalue weighted by Gasteiger charge is 2.15. The van der Waals surface area contributed by atoms with Crippen LogP contribution in [0, 0.1) is 0 Å². The highest BCUT2D eigenvalue weighted by molar-refractivity contribution is 6.04.